The average molecular weight is 345 g/mol. The van der Waals surface area contributed by atoms with Gasteiger partial charge in [0.25, 0.3) is 5.69 Å². The summed E-state index contributed by atoms with van der Waals surface area (Å²) in [5, 5.41) is 10.8. The molecule has 0 unspecified atom stereocenters. The molecule has 1 saturated heterocycles. The molecule has 138 valence electrons. The lowest BCUT2D eigenvalue weighted by Gasteiger charge is -2.44. The quantitative estimate of drug-likeness (QED) is 0.605. The van der Waals surface area contributed by atoms with E-state index in [1.54, 1.807) is 12.1 Å². The molecule has 0 aromatic heterocycles. The fraction of sp³-hybridized carbons (Fsp3) is 0.700. The van der Waals surface area contributed by atoms with Crippen LogP contribution in [0.5, 0.6) is 0 Å². The number of rotatable bonds is 3. The SMILES string of the molecule is CC(C)(C)C1CCC(N2CCN(c3ccc([N+](=O)[O-])cc3)CC2)CC1. The van der Waals surface area contributed by atoms with Crippen molar-refractivity contribution in [3.05, 3.63) is 34.4 Å². The molecular weight excluding hydrogens is 314 g/mol. The van der Waals surface area contributed by atoms with Crippen molar-refractivity contribution in [1.82, 2.24) is 4.90 Å². The summed E-state index contributed by atoms with van der Waals surface area (Å²) in [7, 11) is 0. The maximum Gasteiger partial charge on any atom is 0.269 e. The molecule has 25 heavy (non-hydrogen) atoms. The summed E-state index contributed by atoms with van der Waals surface area (Å²) in [5.74, 6) is 0.866. The van der Waals surface area contributed by atoms with Gasteiger partial charge >= 0.3 is 0 Å². The number of benzene rings is 1. The third-order valence-corrected chi connectivity index (χ3v) is 6.18. The van der Waals surface area contributed by atoms with Crippen LogP contribution in [0.3, 0.4) is 0 Å². The molecule has 1 aromatic carbocycles. The lowest BCUT2D eigenvalue weighted by molar-refractivity contribution is -0.384. The van der Waals surface area contributed by atoms with Crippen molar-refractivity contribution in [2.45, 2.75) is 52.5 Å². The Labute approximate surface area is 151 Å². The van der Waals surface area contributed by atoms with Gasteiger partial charge in [-0.05, 0) is 49.1 Å². The monoisotopic (exact) mass is 345 g/mol. The Balaban J connectivity index is 1.50. The van der Waals surface area contributed by atoms with Gasteiger partial charge in [0.2, 0.25) is 0 Å². The molecule has 0 radical (unpaired) electrons. The van der Waals surface area contributed by atoms with Gasteiger partial charge in [0.15, 0.2) is 0 Å². The van der Waals surface area contributed by atoms with Gasteiger partial charge in [-0.1, -0.05) is 20.8 Å². The standard InChI is InChI=1S/C20H31N3O2/c1-20(2,3)16-4-6-17(7-5-16)21-12-14-22(15-13-21)18-8-10-19(11-9-18)23(24)25/h8-11,16-17H,4-7,12-15H2,1-3H3. The molecule has 1 aliphatic carbocycles. The third-order valence-electron chi connectivity index (χ3n) is 6.18. The van der Waals surface area contributed by atoms with Crippen molar-refractivity contribution in [3.8, 4) is 0 Å². The number of anilines is 1. The van der Waals surface area contributed by atoms with Crippen LogP contribution >= 0.6 is 0 Å². The van der Waals surface area contributed by atoms with Crippen LogP contribution in [-0.2, 0) is 0 Å². The Hall–Kier alpha value is -1.62. The molecule has 5 heteroatoms. The molecule has 5 nitrogen and oxygen atoms in total. The fourth-order valence-corrected chi connectivity index (χ4v) is 4.44. The highest BCUT2D eigenvalue weighted by Gasteiger charge is 2.33. The summed E-state index contributed by atoms with van der Waals surface area (Å²) in [6.07, 6.45) is 5.38. The fourth-order valence-electron chi connectivity index (χ4n) is 4.44. The number of non-ortho nitro benzene ring substituents is 1. The van der Waals surface area contributed by atoms with Crippen LogP contribution in [0.2, 0.25) is 0 Å². The van der Waals surface area contributed by atoms with Crippen molar-refractivity contribution in [2.24, 2.45) is 11.3 Å². The number of hydrogen-bond donors (Lipinski definition) is 0. The van der Waals surface area contributed by atoms with Crippen molar-refractivity contribution in [2.75, 3.05) is 31.1 Å². The summed E-state index contributed by atoms with van der Waals surface area (Å²) in [5.41, 5.74) is 1.71. The van der Waals surface area contributed by atoms with E-state index >= 15 is 0 Å². The Bertz CT molecular complexity index is 578. The molecule has 2 fully saturated rings. The number of hydrogen-bond acceptors (Lipinski definition) is 4. The van der Waals surface area contributed by atoms with Crippen LogP contribution in [-0.4, -0.2) is 42.0 Å². The largest absolute Gasteiger partial charge is 0.369 e. The van der Waals surface area contributed by atoms with Crippen LogP contribution in [0.15, 0.2) is 24.3 Å². The molecule has 3 rings (SSSR count). The van der Waals surface area contributed by atoms with Gasteiger partial charge < -0.3 is 4.90 Å². The Morgan fingerprint density at radius 3 is 2.00 bits per heavy atom. The van der Waals surface area contributed by atoms with E-state index in [1.807, 2.05) is 12.1 Å². The average Bonchev–Trinajstić information content (AvgIpc) is 2.61. The molecule has 1 heterocycles. The predicted molar refractivity (Wildman–Crippen MR) is 102 cm³/mol. The minimum absolute atomic E-state index is 0.165. The van der Waals surface area contributed by atoms with Gasteiger partial charge in [0.1, 0.15) is 0 Å². The summed E-state index contributed by atoms with van der Waals surface area (Å²) in [6.45, 7) is 11.3. The maximum absolute atomic E-state index is 10.8. The zero-order valence-corrected chi connectivity index (χ0v) is 15.8. The molecule has 1 saturated carbocycles. The van der Waals surface area contributed by atoms with E-state index in [0.29, 0.717) is 5.41 Å². The zero-order valence-electron chi connectivity index (χ0n) is 15.8. The highest BCUT2D eigenvalue weighted by Crippen LogP contribution is 2.39. The van der Waals surface area contributed by atoms with E-state index in [2.05, 4.69) is 30.6 Å². The van der Waals surface area contributed by atoms with Crippen molar-refractivity contribution >= 4 is 11.4 Å². The maximum atomic E-state index is 10.8. The minimum Gasteiger partial charge on any atom is -0.369 e. The second-order valence-corrected chi connectivity index (χ2v) is 8.67. The number of piperazine rings is 1. The van der Waals surface area contributed by atoms with Crippen LogP contribution in [0, 0.1) is 21.4 Å². The lowest BCUT2D eigenvalue weighted by atomic mass is 9.71. The molecule has 0 amide bonds. The van der Waals surface area contributed by atoms with E-state index in [9.17, 15) is 10.1 Å². The van der Waals surface area contributed by atoms with E-state index in [-0.39, 0.29) is 10.6 Å². The van der Waals surface area contributed by atoms with E-state index in [0.717, 1.165) is 43.8 Å². The molecule has 1 aliphatic heterocycles. The number of nitrogens with zero attached hydrogens (tertiary/aromatic N) is 3. The third kappa shape index (κ3) is 4.32. The molecule has 0 spiro atoms. The van der Waals surface area contributed by atoms with E-state index < -0.39 is 0 Å². The van der Waals surface area contributed by atoms with E-state index in [4.69, 9.17) is 0 Å². The smallest absolute Gasteiger partial charge is 0.269 e. The molecule has 0 bridgehead atoms. The van der Waals surface area contributed by atoms with Crippen LogP contribution in [0.1, 0.15) is 46.5 Å². The first kappa shape index (κ1) is 18.2. The van der Waals surface area contributed by atoms with Gasteiger partial charge in [0.05, 0.1) is 4.92 Å². The highest BCUT2D eigenvalue weighted by atomic mass is 16.6. The van der Waals surface area contributed by atoms with Crippen molar-refractivity contribution < 1.29 is 4.92 Å². The summed E-state index contributed by atoms with van der Waals surface area (Å²) in [6, 6.07) is 7.72. The zero-order chi connectivity index (χ0) is 18.0. The van der Waals surface area contributed by atoms with Gasteiger partial charge in [-0.2, -0.15) is 0 Å². The van der Waals surface area contributed by atoms with Gasteiger partial charge in [-0.15, -0.1) is 0 Å². The second-order valence-electron chi connectivity index (χ2n) is 8.67. The Morgan fingerprint density at radius 2 is 1.52 bits per heavy atom. The van der Waals surface area contributed by atoms with E-state index in [1.165, 1.54) is 25.7 Å². The van der Waals surface area contributed by atoms with Gasteiger partial charge in [0, 0.05) is 50.0 Å². The van der Waals surface area contributed by atoms with Crippen LogP contribution in [0.25, 0.3) is 0 Å². The molecule has 1 aromatic rings. The van der Waals surface area contributed by atoms with Gasteiger partial charge in [-0.25, -0.2) is 0 Å². The normalized spacial score (nSPS) is 25.8. The Kier molecular flexibility index (Phi) is 5.32. The topological polar surface area (TPSA) is 49.6 Å². The summed E-state index contributed by atoms with van der Waals surface area (Å²) < 4.78 is 0. The van der Waals surface area contributed by atoms with Crippen LogP contribution in [0.4, 0.5) is 11.4 Å². The summed E-state index contributed by atoms with van der Waals surface area (Å²) in [4.78, 5) is 15.5. The van der Waals surface area contributed by atoms with Gasteiger partial charge in [-0.3, -0.25) is 15.0 Å². The first-order chi connectivity index (χ1) is 11.8. The molecule has 0 atom stereocenters. The summed E-state index contributed by atoms with van der Waals surface area (Å²) >= 11 is 0. The van der Waals surface area contributed by atoms with Crippen molar-refractivity contribution in [1.29, 1.82) is 0 Å². The predicted octanol–water partition coefficient (Wildman–Crippen LogP) is 4.32. The first-order valence-electron chi connectivity index (χ1n) is 9.58. The highest BCUT2D eigenvalue weighted by molar-refractivity contribution is 5.51. The van der Waals surface area contributed by atoms with Crippen molar-refractivity contribution in [3.63, 3.8) is 0 Å². The number of nitro benzene ring substituents is 1. The Morgan fingerprint density at radius 1 is 0.960 bits per heavy atom. The number of nitro groups is 1. The minimum atomic E-state index is -0.338. The second kappa shape index (κ2) is 7.32. The lowest BCUT2D eigenvalue weighted by Crippen LogP contribution is -2.51. The molecular formula is C20H31N3O2. The molecule has 2 aliphatic rings. The molecule has 0 N–H and O–H groups in total. The van der Waals surface area contributed by atoms with Crippen LogP contribution < -0.4 is 4.90 Å². The first-order valence-corrected chi connectivity index (χ1v) is 9.58.